The van der Waals surface area contributed by atoms with Crippen LogP contribution in [0.3, 0.4) is 0 Å². The summed E-state index contributed by atoms with van der Waals surface area (Å²) in [5.41, 5.74) is 5.80. The molecule has 0 spiro atoms. The number of aromatic nitrogens is 2. The van der Waals surface area contributed by atoms with Crippen molar-refractivity contribution in [1.29, 1.82) is 0 Å². The Balaban J connectivity index is 1.42. The lowest BCUT2D eigenvalue weighted by atomic mass is 10.2. The highest BCUT2D eigenvalue weighted by Gasteiger charge is 2.13. The highest BCUT2D eigenvalue weighted by atomic mass is 16.2. The van der Waals surface area contributed by atoms with Crippen LogP contribution in [0.2, 0.25) is 0 Å². The molecule has 28 heavy (non-hydrogen) atoms. The minimum Gasteiger partial charge on any atom is -0.374 e. The topological polar surface area (TPSA) is 69.8 Å². The van der Waals surface area contributed by atoms with Gasteiger partial charge in [0.1, 0.15) is 11.9 Å². The maximum absolute atomic E-state index is 12.4. The Hall–Kier alpha value is -3.60. The Bertz CT molecular complexity index is 1060. The zero-order valence-corrected chi connectivity index (χ0v) is 15.9. The van der Waals surface area contributed by atoms with E-state index in [1.807, 2.05) is 86.6 Å². The number of aromatic amines is 1. The Morgan fingerprint density at radius 2 is 1.61 bits per heavy atom. The molecular weight excluding hydrogens is 348 g/mol. The average Bonchev–Trinajstić information content (AvgIpc) is 3.14. The Labute approximate surface area is 163 Å². The molecule has 140 valence electrons. The monoisotopic (exact) mass is 370 g/mol. The zero-order valence-electron chi connectivity index (χ0n) is 15.9. The van der Waals surface area contributed by atoms with Crippen molar-refractivity contribution >= 4 is 28.3 Å². The smallest absolute Gasteiger partial charge is 0.246 e. The molecule has 3 N–H and O–H groups in total. The van der Waals surface area contributed by atoms with Crippen LogP contribution < -0.4 is 10.6 Å². The molecule has 0 saturated heterocycles. The van der Waals surface area contributed by atoms with E-state index < -0.39 is 0 Å². The number of rotatable bonds is 5. The van der Waals surface area contributed by atoms with Gasteiger partial charge in [-0.15, -0.1) is 0 Å². The summed E-state index contributed by atoms with van der Waals surface area (Å²) >= 11 is 0. The highest BCUT2D eigenvalue weighted by Crippen LogP contribution is 2.22. The summed E-state index contributed by atoms with van der Waals surface area (Å²) in [5.74, 6) is 0.753. The predicted octanol–water partition coefficient (Wildman–Crippen LogP) is 4.98. The fraction of sp³-hybridized carbons (Fsp3) is 0.130. The van der Waals surface area contributed by atoms with Crippen molar-refractivity contribution in [2.24, 2.45) is 0 Å². The van der Waals surface area contributed by atoms with Crippen molar-refractivity contribution in [2.75, 3.05) is 10.6 Å². The molecule has 4 aromatic rings. The van der Waals surface area contributed by atoms with Gasteiger partial charge in [0, 0.05) is 16.9 Å². The molecule has 4 rings (SSSR count). The second kappa shape index (κ2) is 7.56. The summed E-state index contributed by atoms with van der Waals surface area (Å²) in [4.78, 5) is 20.3. The van der Waals surface area contributed by atoms with Crippen LogP contribution in [0.1, 0.15) is 12.5 Å². The van der Waals surface area contributed by atoms with Gasteiger partial charge in [0.2, 0.25) is 5.91 Å². The van der Waals surface area contributed by atoms with Crippen LogP contribution in [-0.4, -0.2) is 21.9 Å². The number of anilines is 2. The third-order valence-electron chi connectivity index (χ3n) is 4.64. The van der Waals surface area contributed by atoms with E-state index in [9.17, 15) is 4.79 Å². The van der Waals surface area contributed by atoms with E-state index in [0.29, 0.717) is 0 Å². The van der Waals surface area contributed by atoms with Gasteiger partial charge in [-0.25, -0.2) is 4.98 Å². The lowest BCUT2D eigenvalue weighted by Gasteiger charge is -2.15. The number of fused-ring (bicyclic) bond motifs is 1. The van der Waals surface area contributed by atoms with Gasteiger partial charge in [-0.1, -0.05) is 29.8 Å². The number of nitrogens with one attached hydrogen (secondary N) is 3. The van der Waals surface area contributed by atoms with Gasteiger partial charge >= 0.3 is 0 Å². The van der Waals surface area contributed by atoms with E-state index in [2.05, 4.69) is 20.6 Å². The number of nitrogens with zero attached hydrogens (tertiary/aromatic N) is 1. The standard InChI is InChI=1S/C23H22N4O/c1-15-7-11-19(12-8-15)25-23(28)16(2)24-18-13-9-17(10-14-18)22-26-20-5-3-4-6-21(20)27-22/h3-14,16,24H,1-2H3,(H,25,28)(H,26,27)/t16-/m1/s1. The lowest BCUT2D eigenvalue weighted by molar-refractivity contribution is -0.116. The first-order chi connectivity index (χ1) is 13.6. The Morgan fingerprint density at radius 3 is 2.32 bits per heavy atom. The number of para-hydroxylation sites is 2. The molecule has 5 heteroatoms. The molecule has 0 fully saturated rings. The summed E-state index contributed by atoms with van der Waals surface area (Å²) < 4.78 is 0. The average molecular weight is 370 g/mol. The molecule has 0 radical (unpaired) electrons. The van der Waals surface area contributed by atoms with Gasteiger partial charge in [-0.2, -0.15) is 0 Å². The number of hydrogen-bond acceptors (Lipinski definition) is 3. The number of H-pyrrole nitrogens is 1. The fourth-order valence-corrected chi connectivity index (χ4v) is 3.02. The quantitative estimate of drug-likeness (QED) is 0.464. The van der Waals surface area contributed by atoms with Crippen LogP contribution >= 0.6 is 0 Å². The minimum absolute atomic E-state index is 0.0785. The number of carbonyl (C=O) groups is 1. The molecular formula is C23H22N4O. The molecule has 0 bridgehead atoms. The van der Waals surface area contributed by atoms with E-state index >= 15 is 0 Å². The van der Waals surface area contributed by atoms with E-state index in [1.165, 1.54) is 0 Å². The van der Waals surface area contributed by atoms with Crippen molar-refractivity contribution in [3.05, 3.63) is 78.4 Å². The summed E-state index contributed by atoms with van der Waals surface area (Å²) in [7, 11) is 0. The van der Waals surface area contributed by atoms with Gasteiger partial charge in [0.15, 0.2) is 0 Å². The first kappa shape index (κ1) is 17.8. The number of carbonyl (C=O) groups excluding carboxylic acids is 1. The normalized spacial score (nSPS) is 11.9. The molecule has 0 aliphatic heterocycles. The van der Waals surface area contributed by atoms with Crippen molar-refractivity contribution in [2.45, 2.75) is 19.9 Å². The second-order valence-electron chi connectivity index (χ2n) is 6.90. The lowest BCUT2D eigenvalue weighted by Crippen LogP contribution is -2.31. The van der Waals surface area contributed by atoms with Crippen LogP contribution in [-0.2, 0) is 4.79 Å². The highest BCUT2D eigenvalue weighted by molar-refractivity contribution is 5.96. The largest absolute Gasteiger partial charge is 0.374 e. The van der Waals surface area contributed by atoms with Gasteiger partial charge in [-0.05, 0) is 62.4 Å². The maximum Gasteiger partial charge on any atom is 0.246 e. The molecule has 1 amide bonds. The molecule has 1 heterocycles. The Morgan fingerprint density at radius 1 is 0.929 bits per heavy atom. The first-order valence-electron chi connectivity index (χ1n) is 9.28. The number of aryl methyl sites for hydroxylation is 1. The van der Waals surface area contributed by atoms with Crippen LogP contribution in [0.25, 0.3) is 22.4 Å². The third-order valence-corrected chi connectivity index (χ3v) is 4.64. The molecule has 5 nitrogen and oxygen atoms in total. The minimum atomic E-state index is -0.363. The summed E-state index contributed by atoms with van der Waals surface area (Å²) in [6.07, 6.45) is 0. The molecule has 0 saturated carbocycles. The van der Waals surface area contributed by atoms with Crippen LogP contribution in [0.5, 0.6) is 0 Å². The molecule has 1 aromatic heterocycles. The maximum atomic E-state index is 12.4. The van der Waals surface area contributed by atoms with E-state index in [0.717, 1.165) is 39.4 Å². The SMILES string of the molecule is Cc1ccc(NC(=O)[C@@H](C)Nc2ccc(-c3nc4ccccc4[nH]3)cc2)cc1. The summed E-state index contributed by atoms with van der Waals surface area (Å²) in [6, 6.07) is 23.3. The number of amides is 1. The fourth-order valence-electron chi connectivity index (χ4n) is 3.02. The second-order valence-corrected chi connectivity index (χ2v) is 6.90. The van der Waals surface area contributed by atoms with E-state index in [-0.39, 0.29) is 11.9 Å². The van der Waals surface area contributed by atoms with Crippen LogP contribution in [0.15, 0.2) is 72.8 Å². The van der Waals surface area contributed by atoms with Gasteiger partial charge in [-0.3, -0.25) is 4.79 Å². The number of imidazole rings is 1. The van der Waals surface area contributed by atoms with Crippen molar-refractivity contribution in [3.8, 4) is 11.4 Å². The summed E-state index contributed by atoms with van der Waals surface area (Å²) in [5, 5.41) is 6.16. The van der Waals surface area contributed by atoms with Gasteiger partial charge < -0.3 is 15.6 Å². The molecule has 3 aromatic carbocycles. The zero-order chi connectivity index (χ0) is 19.5. The number of benzene rings is 3. The summed E-state index contributed by atoms with van der Waals surface area (Å²) in [6.45, 7) is 3.86. The van der Waals surface area contributed by atoms with E-state index in [1.54, 1.807) is 0 Å². The van der Waals surface area contributed by atoms with Crippen molar-refractivity contribution in [1.82, 2.24) is 9.97 Å². The number of hydrogen-bond donors (Lipinski definition) is 3. The van der Waals surface area contributed by atoms with Crippen molar-refractivity contribution in [3.63, 3.8) is 0 Å². The first-order valence-corrected chi connectivity index (χ1v) is 9.28. The van der Waals surface area contributed by atoms with Crippen LogP contribution in [0.4, 0.5) is 11.4 Å². The molecule has 0 aliphatic rings. The van der Waals surface area contributed by atoms with Gasteiger partial charge in [0.25, 0.3) is 0 Å². The molecule has 0 aliphatic carbocycles. The predicted molar refractivity (Wildman–Crippen MR) is 114 cm³/mol. The van der Waals surface area contributed by atoms with Gasteiger partial charge in [0.05, 0.1) is 11.0 Å². The van der Waals surface area contributed by atoms with E-state index in [4.69, 9.17) is 0 Å². The Kier molecular flexibility index (Phi) is 4.81. The van der Waals surface area contributed by atoms with Crippen LogP contribution in [0, 0.1) is 6.92 Å². The third kappa shape index (κ3) is 3.88. The molecule has 1 atom stereocenters. The molecule has 0 unspecified atom stereocenters. The van der Waals surface area contributed by atoms with Crippen molar-refractivity contribution < 1.29 is 4.79 Å².